The summed E-state index contributed by atoms with van der Waals surface area (Å²) >= 11 is 0. The summed E-state index contributed by atoms with van der Waals surface area (Å²) in [7, 11) is 1.71. The second kappa shape index (κ2) is 5.53. The van der Waals surface area contributed by atoms with Gasteiger partial charge in [-0.05, 0) is 36.8 Å². The largest absolute Gasteiger partial charge is 0.481 e. The van der Waals surface area contributed by atoms with Crippen molar-refractivity contribution in [3.63, 3.8) is 0 Å². The van der Waals surface area contributed by atoms with Crippen molar-refractivity contribution >= 4 is 5.97 Å². The molecule has 1 aliphatic carbocycles. The van der Waals surface area contributed by atoms with Gasteiger partial charge in [0.25, 0.3) is 0 Å². The summed E-state index contributed by atoms with van der Waals surface area (Å²) in [5.41, 5.74) is 2.40. The highest BCUT2D eigenvalue weighted by Crippen LogP contribution is 2.50. The second-order valence-electron chi connectivity index (χ2n) is 5.14. The zero-order valence-corrected chi connectivity index (χ0v) is 10.8. The zero-order chi connectivity index (χ0) is 13.0. The van der Waals surface area contributed by atoms with E-state index in [1.54, 1.807) is 7.11 Å². The molecule has 18 heavy (non-hydrogen) atoms. The van der Waals surface area contributed by atoms with Gasteiger partial charge in [0.05, 0.1) is 6.42 Å². The highest BCUT2D eigenvalue weighted by molar-refractivity contribution is 5.70. The molecule has 0 aliphatic heterocycles. The molecule has 3 nitrogen and oxygen atoms in total. The van der Waals surface area contributed by atoms with Gasteiger partial charge in [-0.1, -0.05) is 24.3 Å². The number of aryl methyl sites for hydroxylation is 1. The Bertz CT molecular complexity index is 404. The maximum absolute atomic E-state index is 10.9. The third-order valence-corrected chi connectivity index (χ3v) is 3.72. The van der Waals surface area contributed by atoms with Crippen molar-refractivity contribution in [2.45, 2.75) is 37.5 Å². The summed E-state index contributed by atoms with van der Waals surface area (Å²) in [6.07, 6.45) is 4.30. The predicted octanol–water partition coefficient (Wildman–Crippen LogP) is 2.77. The standard InChI is InChI=1S/C15H20O3/c1-18-10-2-3-12-4-6-13(7-5-12)15(8-9-15)11-14(16)17/h4-7H,2-3,8-11H2,1H3,(H,16,17). The number of benzene rings is 1. The van der Waals surface area contributed by atoms with Gasteiger partial charge in [-0.2, -0.15) is 0 Å². The quantitative estimate of drug-likeness (QED) is 0.755. The summed E-state index contributed by atoms with van der Waals surface area (Å²) in [6, 6.07) is 8.43. The maximum atomic E-state index is 10.9. The van der Waals surface area contributed by atoms with E-state index in [-0.39, 0.29) is 11.8 Å². The molecule has 0 atom stereocenters. The number of rotatable bonds is 7. The molecule has 0 aromatic heterocycles. The molecule has 1 aliphatic rings. The van der Waals surface area contributed by atoms with Gasteiger partial charge < -0.3 is 9.84 Å². The smallest absolute Gasteiger partial charge is 0.304 e. The lowest BCUT2D eigenvalue weighted by molar-refractivity contribution is -0.137. The molecule has 0 saturated heterocycles. The first-order chi connectivity index (χ1) is 8.66. The molecule has 0 radical (unpaired) electrons. The van der Waals surface area contributed by atoms with E-state index in [1.807, 2.05) is 0 Å². The Morgan fingerprint density at radius 1 is 1.33 bits per heavy atom. The van der Waals surface area contributed by atoms with E-state index in [2.05, 4.69) is 24.3 Å². The van der Waals surface area contributed by atoms with E-state index in [1.165, 1.54) is 11.1 Å². The fourth-order valence-corrected chi connectivity index (χ4v) is 2.45. The van der Waals surface area contributed by atoms with Crippen LogP contribution in [0, 0.1) is 0 Å². The van der Waals surface area contributed by atoms with Crippen molar-refractivity contribution in [3.05, 3.63) is 35.4 Å². The van der Waals surface area contributed by atoms with Crippen LogP contribution in [0.3, 0.4) is 0 Å². The van der Waals surface area contributed by atoms with Crippen molar-refractivity contribution in [3.8, 4) is 0 Å². The van der Waals surface area contributed by atoms with Crippen LogP contribution < -0.4 is 0 Å². The van der Waals surface area contributed by atoms with E-state index in [4.69, 9.17) is 9.84 Å². The average Bonchev–Trinajstić information content (AvgIpc) is 3.10. The third kappa shape index (κ3) is 3.10. The molecule has 0 amide bonds. The van der Waals surface area contributed by atoms with E-state index < -0.39 is 5.97 Å². The molecular weight excluding hydrogens is 228 g/mol. The topological polar surface area (TPSA) is 46.5 Å². The Balaban J connectivity index is 1.97. The van der Waals surface area contributed by atoms with Crippen LogP contribution in [-0.2, 0) is 21.4 Å². The number of ether oxygens (including phenoxy) is 1. The number of carboxylic acids is 1. The fourth-order valence-electron chi connectivity index (χ4n) is 2.45. The minimum atomic E-state index is -0.698. The van der Waals surface area contributed by atoms with Crippen LogP contribution in [0.4, 0.5) is 0 Å². The first kappa shape index (κ1) is 13.1. The predicted molar refractivity (Wildman–Crippen MR) is 69.8 cm³/mol. The number of hydrogen-bond acceptors (Lipinski definition) is 2. The minimum absolute atomic E-state index is 0.0725. The molecular formula is C15H20O3. The number of aliphatic carboxylic acids is 1. The van der Waals surface area contributed by atoms with Gasteiger partial charge in [0.15, 0.2) is 0 Å². The van der Waals surface area contributed by atoms with Gasteiger partial charge >= 0.3 is 5.97 Å². The monoisotopic (exact) mass is 248 g/mol. The molecule has 0 bridgehead atoms. The zero-order valence-electron chi connectivity index (χ0n) is 10.8. The molecule has 98 valence electrons. The second-order valence-corrected chi connectivity index (χ2v) is 5.14. The first-order valence-corrected chi connectivity index (χ1v) is 6.46. The van der Waals surface area contributed by atoms with Gasteiger partial charge in [0.2, 0.25) is 0 Å². The molecule has 3 heteroatoms. The number of carboxylic acid groups (broad SMARTS) is 1. The van der Waals surface area contributed by atoms with Crippen LogP contribution in [-0.4, -0.2) is 24.8 Å². The molecule has 1 saturated carbocycles. The van der Waals surface area contributed by atoms with E-state index in [0.29, 0.717) is 0 Å². The molecule has 1 fully saturated rings. The van der Waals surface area contributed by atoms with Gasteiger partial charge in [-0.15, -0.1) is 0 Å². The van der Waals surface area contributed by atoms with Crippen molar-refractivity contribution in [1.82, 2.24) is 0 Å². The van der Waals surface area contributed by atoms with Crippen molar-refractivity contribution in [2.75, 3.05) is 13.7 Å². The Hall–Kier alpha value is -1.35. The average molecular weight is 248 g/mol. The van der Waals surface area contributed by atoms with Crippen LogP contribution in [0.15, 0.2) is 24.3 Å². The molecule has 1 N–H and O–H groups in total. The van der Waals surface area contributed by atoms with Gasteiger partial charge in [0.1, 0.15) is 0 Å². The Morgan fingerprint density at radius 2 is 2.00 bits per heavy atom. The molecule has 1 aromatic carbocycles. The minimum Gasteiger partial charge on any atom is -0.481 e. The van der Waals surface area contributed by atoms with E-state index in [9.17, 15) is 4.79 Å². The summed E-state index contributed by atoms with van der Waals surface area (Å²) in [5, 5.41) is 8.93. The summed E-state index contributed by atoms with van der Waals surface area (Å²) in [5.74, 6) is -0.698. The highest BCUT2D eigenvalue weighted by Gasteiger charge is 2.45. The first-order valence-electron chi connectivity index (χ1n) is 6.46. The van der Waals surface area contributed by atoms with E-state index >= 15 is 0 Å². The lowest BCUT2D eigenvalue weighted by atomic mass is 9.91. The van der Waals surface area contributed by atoms with Gasteiger partial charge in [-0.25, -0.2) is 0 Å². The molecule has 0 heterocycles. The number of methoxy groups -OCH3 is 1. The maximum Gasteiger partial charge on any atom is 0.304 e. The summed E-state index contributed by atoms with van der Waals surface area (Å²) < 4.78 is 5.03. The van der Waals surface area contributed by atoms with Crippen LogP contribution in [0.1, 0.15) is 36.8 Å². The molecule has 1 aromatic rings. The normalized spacial score (nSPS) is 16.5. The van der Waals surface area contributed by atoms with Crippen molar-refractivity contribution in [1.29, 1.82) is 0 Å². The van der Waals surface area contributed by atoms with Crippen LogP contribution in [0.5, 0.6) is 0 Å². The highest BCUT2D eigenvalue weighted by atomic mass is 16.5. The van der Waals surface area contributed by atoms with Gasteiger partial charge in [-0.3, -0.25) is 4.79 Å². The molecule has 0 spiro atoms. The van der Waals surface area contributed by atoms with Crippen LogP contribution in [0.25, 0.3) is 0 Å². The SMILES string of the molecule is COCCCc1ccc(C2(CC(=O)O)CC2)cc1. The number of hydrogen-bond donors (Lipinski definition) is 1. The number of carbonyl (C=O) groups is 1. The van der Waals surface area contributed by atoms with E-state index in [0.717, 1.165) is 32.3 Å². The van der Waals surface area contributed by atoms with Crippen molar-refractivity contribution in [2.24, 2.45) is 0 Å². The molecule has 0 unspecified atom stereocenters. The van der Waals surface area contributed by atoms with Crippen LogP contribution in [0.2, 0.25) is 0 Å². The fraction of sp³-hybridized carbons (Fsp3) is 0.533. The third-order valence-electron chi connectivity index (χ3n) is 3.72. The lowest BCUT2D eigenvalue weighted by Gasteiger charge is -2.13. The summed E-state index contributed by atoms with van der Waals surface area (Å²) in [4.78, 5) is 10.9. The Morgan fingerprint density at radius 3 is 2.50 bits per heavy atom. The lowest BCUT2D eigenvalue weighted by Crippen LogP contribution is -2.12. The Labute approximate surface area is 108 Å². The van der Waals surface area contributed by atoms with Crippen molar-refractivity contribution < 1.29 is 14.6 Å². The molecule has 2 rings (SSSR count). The van der Waals surface area contributed by atoms with Gasteiger partial charge in [0, 0.05) is 19.1 Å². The summed E-state index contributed by atoms with van der Waals surface area (Å²) in [6.45, 7) is 0.782. The van der Waals surface area contributed by atoms with Crippen LogP contribution >= 0.6 is 0 Å². The Kier molecular flexibility index (Phi) is 4.02.